The average Bonchev–Trinajstić information content (AvgIpc) is 2.32. The van der Waals surface area contributed by atoms with Gasteiger partial charge in [0.05, 0.1) is 5.56 Å². The van der Waals surface area contributed by atoms with Gasteiger partial charge in [0, 0.05) is 18.8 Å². The Labute approximate surface area is 93.4 Å². The van der Waals surface area contributed by atoms with Crippen molar-refractivity contribution in [3.63, 3.8) is 0 Å². The van der Waals surface area contributed by atoms with Crippen LogP contribution in [0.5, 0.6) is 0 Å². The van der Waals surface area contributed by atoms with Crippen molar-refractivity contribution in [3.8, 4) is 0 Å². The fourth-order valence-corrected chi connectivity index (χ4v) is 1.70. The number of amides is 1. The van der Waals surface area contributed by atoms with Gasteiger partial charge >= 0.3 is 0 Å². The summed E-state index contributed by atoms with van der Waals surface area (Å²) in [6.45, 7) is 1.16. The van der Waals surface area contributed by atoms with E-state index in [1.165, 1.54) is 18.2 Å². The van der Waals surface area contributed by atoms with Crippen LogP contribution in [0.25, 0.3) is 0 Å². The van der Waals surface area contributed by atoms with Crippen LogP contribution < -0.4 is 5.73 Å². The third kappa shape index (κ3) is 2.05. The summed E-state index contributed by atoms with van der Waals surface area (Å²) in [5.74, 6) is -0.817. The highest BCUT2D eigenvalue weighted by Gasteiger charge is 2.19. The van der Waals surface area contributed by atoms with Gasteiger partial charge in [0.25, 0.3) is 5.91 Å². The summed E-state index contributed by atoms with van der Waals surface area (Å²) in [4.78, 5) is 13.6. The lowest BCUT2D eigenvalue weighted by molar-refractivity contribution is 0.0766. The monoisotopic (exact) mass is 220 g/mol. The maximum atomic E-state index is 13.5. The smallest absolute Gasteiger partial charge is 0.257 e. The highest BCUT2D eigenvalue weighted by Crippen LogP contribution is 2.15. The molecule has 1 aliphatic heterocycles. The molecule has 84 valence electrons. The molecule has 0 unspecified atom stereocenters. The second-order valence-corrected chi connectivity index (χ2v) is 3.75. The largest absolute Gasteiger partial charge is 0.399 e. The molecule has 0 spiro atoms. The number of nitrogens with zero attached hydrogens (tertiary/aromatic N) is 1. The van der Waals surface area contributed by atoms with Crippen molar-refractivity contribution in [2.75, 3.05) is 18.8 Å². The van der Waals surface area contributed by atoms with Gasteiger partial charge in [-0.15, -0.1) is 0 Å². The summed E-state index contributed by atoms with van der Waals surface area (Å²) in [5, 5.41) is 0. The van der Waals surface area contributed by atoms with Crippen molar-refractivity contribution < 1.29 is 9.18 Å². The van der Waals surface area contributed by atoms with E-state index in [0.717, 1.165) is 6.42 Å². The van der Waals surface area contributed by atoms with Crippen LogP contribution in [0.15, 0.2) is 30.4 Å². The van der Waals surface area contributed by atoms with Crippen molar-refractivity contribution in [2.45, 2.75) is 6.42 Å². The lowest BCUT2D eigenvalue weighted by Gasteiger charge is -2.23. The molecule has 1 aromatic carbocycles. The molecular weight excluding hydrogens is 207 g/mol. The summed E-state index contributed by atoms with van der Waals surface area (Å²) in [6.07, 6.45) is 4.74. The molecule has 1 aliphatic rings. The number of carbonyl (C=O) groups is 1. The van der Waals surface area contributed by atoms with Gasteiger partial charge in [0.15, 0.2) is 0 Å². The van der Waals surface area contributed by atoms with Crippen molar-refractivity contribution >= 4 is 11.6 Å². The Morgan fingerprint density at radius 2 is 2.19 bits per heavy atom. The van der Waals surface area contributed by atoms with Crippen LogP contribution in [0.3, 0.4) is 0 Å². The van der Waals surface area contributed by atoms with E-state index in [1.807, 2.05) is 12.2 Å². The van der Waals surface area contributed by atoms with Crippen molar-refractivity contribution in [2.24, 2.45) is 0 Å². The number of nitrogen functional groups attached to an aromatic ring is 1. The molecule has 0 saturated carbocycles. The summed E-state index contributed by atoms with van der Waals surface area (Å²) in [6, 6.07) is 4.06. The van der Waals surface area contributed by atoms with Crippen LogP contribution in [0, 0.1) is 5.82 Å². The van der Waals surface area contributed by atoms with Crippen LogP contribution in [0.4, 0.5) is 10.1 Å². The lowest BCUT2D eigenvalue weighted by Crippen LogP contribution is -2.34. The molecule has 0 bridgehead atoms. The minimum absolute atomic E-state index is 0.0512. The Morgan fingerprint density at radius 1 is 1.38 bits per heavy atom. The SMILES string of the molecule is Nc1ccc(F)c(C(=O)N2CC=CCC2)c1. The van der Waals surface area contributed by atoms with E-state index in [4.69, 9.17) is 5.73 Å². The van der Waals surface area contributed by atoms with E-state index in [2.05, 4.69) is 0 Å². The fraction of sp³-hybridized carbons (Fsp3) is 0.250. The summed E-state index contributed by atoms with van der Waals surface area (Å²) < 4.78 is 13.5. The Hall–Kier alpha value is -1.84. The molecule has 1 amide bonds. The van der Waals surface area contributed by atoms with Gasteiger partial charge in [0.1, 0.15) is 5.82 Å². The first kappa shape index (κ1) is 10.7. The first-order chi connectivity index (χ1) is 7.68. The molecule has 3 nitrogen and oxygen atoms in total. The normalized spacial score (nSPS) is 15.2. The van der Waals surface area contributed by atoms with Crippen molar-refractivity contribution in [1.82, 2.24) is 4.90 Å². The Balaban J connectivity index is 2.26. The average molecular weight is 220 g/mol. The number of rotatable bonds is 1. The first-order valence-electron chi connectivity index (χ1n) is 5.18. The second kappa shape index (κ2) is 4.35. The lowest BCUT2D eigenvalue weighted by atomic mass is 10.1. The molecule has 0 fully saturated rings. The van der Waals surface area contributed by atoms with E-state index in [0.29, 0.717) is 18.8 Å². The van der Waals surface area contributed by atoms with E-state index >= 15 is 0 Å². The maximum Gasteiger partial charge on any atom is 0.257 e. The minimum Gasteiger partial charge on any atom is -0.399 e. The molecule has 1 aromatic rings. The van der Waals surface area contributed by atoms with Gasteiger partial charge in [-0.1, -0.05) is 12.2 Å². The predicted octanol–water partition coefficient (Wildman–Crippen LogP) is 1.81. The Kier molecular flexibility index (Phi) is 2.90. The molecule has 16 heavy (non-hydrogen) atoms. The molecule has 0 aliphatic carbocycles. The Bertz CT molecular complexity index is 443. The van der Waals surface area contributed by atoms with Crippen LogP contribution in [-0.2, 0) is 0 Å². The molecule has 4 heteroatoms. The summed E-state index contributed by atoms with van der Waals surface area (Å²) in [7, 11) is 0. The van der Waals surface area contributed by atoms with Crippen LogP contribution in [0.2, 0.25) is 0 Å². The number of anilines is 1. The third-order valence-corrected chi connectivity index (χ3v) is 2.57. The van der Waals surface area contributed by atoms with E-state index in [-0.39, 0.29) is 11.5 Å². The molecule has 0 saturated heterocycles. The second-order valence-electron chi connectivity index (χ2n) is 3.75. The molecule has 2 rings (SSSR count). The minimum atomic E-state index is -0.520. The van der Waals surface area contributed by atoms with Gasteiger partial charge in [-0.25, -0.2) is 4.39 Å². The Morgan fingerprint density at radius 3 is 2.88 bits per heavy atom. The van der Waals surface area contributed by atoms with Crippen LogP contribution in [0.1, 0.15) is 16.8 Å². The number of nitrogens with two attached hydrogens (primary N) is 1. The molecular formula is C12H13FN2O. The van der Waals surface area contributed by atoms with Gasteiger partial charge in [-0.3, -0.25) is 4.79 Å². The molecule has 0 radical (unpaired) electrons. The van der Waals surface area contributed by atoms with Crippen molar-refractivity contribution in [3.05, 3.63) is 41.7 Å². The summed E-state index contributed by atoms with van der Waals surface area (Å²) >= 11 is 0. The molecule has 2 N–H and O–H groups in total. The van der Waals surface area contributed by atoms with Gasteiger partial charge in [0.2, 0.25) is 0 Å². The number of hydrogen-bond donors (Lipinski definition) is 1. The highest BCUT2D eigenvalue weighted by molar-refractivity contribution is 5.95. The zero-order valence-corrected chi connectivity index (χ0v) is 8.82. The van der Waals surface area contributed by atoms with Crippen LogP contribution >= 0.6 is 0 Å². The quantitative estimate of drug-likeness (QED) is 0.579. The number of carbonyl (C=O) groups excluding carboxylic acids is 1. The van der Waals surface area contributed by atoms with E-state index in [9.17, 15) is 9.18 Å². The third-order valence-electron chi connectivity index (χ3n) is 2.57. The zero-order valence-electron chi connectivity index (χ0n) is 8.82. The standard InChI is InChI=1S/C12H13FN2O/c13-11-5-4-9(14)8-10(11)12(16)15-6-2-1-3-7-15/h1-2,4-5,8H,3,6-7,14H2. The molecule has 0 aromatic heterocycles. The molecule has 1 heterocycles. The van der Waals surface area contributed by atoms with Crippen LogP contribution in [-0.4, -0.2) is 23.9 Å². The predicted molar refractivity (Wildman–Crippen MR) is 60.5 cm³/mol. The number of hydrogen-bond acceptors (Lipinski definition) is 2. The topological polar surface area (TPSA) is 46.3 Å². The van der Waals surface area contributed by atoms with Gasteiger partial charge < -0.3 is 10.6 Å². The summed E-state index contributed by atoms with van der Waals surface area (Å²) in [5.41, 5.74) is 5.99. The van der Waals surface area contributed by atoms with Crippen molar-refractivity contribution in [1.29, 1.82) is 0 Å². The maximum absolute atomic E-state index is 13.5. The first-order valence-corrected chi connectivity index (χ1v) is 5.18. The van der Waals surface area contributed by atoms with E-state index in [1.54, 1.807) is 4.90 Å². The highest BCUT2D eigenvalue weighted by atomic mass is 19.1. The fourth-order valence-electron chi connectivity index (χ4n) is 1.70. The van der Waals surface area contributed by atoms with Gasteiger partial charge in [-0.2, -0.15) is 0 Å². The number of benzene rings is 1. The molecule has 0 atom stereocenters. The van der Waals surface area contributed by atoms with Gasteiger partial charge in [-0.05, 0) is 24.6 Å². The van der Waals surface area contributed by atoms with E-state index < -0.39 is 5.82 Å². The number of halogens is 1. The zero-order chi connectivity index (χ0) is 11.5.